The van der Waals surface area contributed by atoms with Gasteiger partial charge in [0, 0.05) is 12.1 Å². The predicted molar refractivity (Wildman–Crippen MR) is 98.9 cm³/mol. The Balaban J connectivity index is 1.73. The lowest BCUT2D eigenvalue weighted by Gasteiger charge is -2.30. The summed E-state index contributed by atoms with van der Waals surface area (Å²) >= 11 is 0. The van der Waals surface area contributed by atoms with E-state index in [1.54, 1.807) is 0 Å². The molecule has 3 heteroatoms. The molecule has 126 valence electrons. The normalized spacial score (nSPS) is 16.0. The number of carbonyl (C=O) groups excluding carboxylic acids is 1. The highest BCUT2D eigenvalue weighted by Crippen LogP contribution is 2.24. The average molecular weight is 322 g/mol. The molecular weight excluding hydrogens is 296 g/mol. The van der Waals surface area contributed by atoms with Crippen molar-refractivity contribution in [1.29, 1.82) is 0 Å². The Hall–Kier alpha value is -2.13. The van der Waals surface area contributed by atoms with Crippen LogP contribution < -0.4 is 4.90 Å². The number of amides is 1. The van der Waals surface area contributed by atoms with Gasteiger partial charge in [-0.3, -0.25) is 4.79 Å². The van der Waals surface area contributed by atoms with Crippen LogP contribution in [0.1, 0.15) is 24.8 Å². The van der Waals surface area contributed by atoms with Crippen molar-refractivity contribution < 1.29 is 4.79 Å². The Morgan fingerprint density at radius 1 is 1.00 bits per heavy atom. The first-order valence-electron chi connectivity index (χ1n) is 8.80. The Morgan fingerprint density at radius 3 is 2.21 bits per heavy atom. The molecule has 1 fully saturated rings. The van der Waals surface area contributed by atoms with Crippen molar-refractivity contribution in [2.24, 2.45) is 5.92 Å². The van der Waals surface area contributed by atoms with Gasteiger partial charge in [0.05, 0.1) is 6.54 Å². The van der Waals surface area contributed by atoms with Gasteiger partial charge in [-0.05, 0) is 56.6 Å². The minimum atomic E-state index is 0.236. The standard InChI is InChI=1S/C21H26N2O/c1-22-14-12-18(13-15-22)16-21(24)23(20-10-6-3-7-11-20)17-19-8-4-2-5-9-19/h2-11,18H,12-17H2,1H3. The minimum Gasteiger partial charge on any atom is -0.308 e. The third-order valence-corrected chi connectivity index (χ3v) is 4.85. The van der Waals surface area contributed by atoms with Gasteiger partial charge in [-0.2, -0.15) is 0 Å². The second-order valence-electron chi connectivity index (χ2n) is 6.75. The summed E-state index contributed by atoms with van der Waals surface area (Å²) in [5.74, 6) is 0.746. The Kier molecular flexibility index (Phi) is 5.65. The Bertz CT molecular complexity index is 633. The molecule has 3 nitrogen and oxygen atoms in total. The fourth-order valence-electron chi connectivity index (χ4n) is 3.32. The summed E-state index contributed by atoms with van der Waals surface area (Å²) in [5, 5.41) is 0. The summed E-state index contributed by atoms with van der Waals surface area (Å²) < 4.78 is 0. The molecule has 0 unspecified atom stereocenters. The van der Waals surface area contributed by atoms with E-state index in [0.29, 0.717) is 18.9 Å². The van der Waals surface area contributed by atoms with Crippen molar-refractivity contribution in [2.45, 2.75) is 25.8 Å². The highest BCUT2D eigenvalue weighted by Gasteiger charge is 2.23. The molecule has 1 amide bonds. The summed E-state index contributed by atoms with van der Waals surface area (Å²) in [7, 11) is 2.16. The number of rotatable bonds is 5. The van der Waals surface area contributed by atoms with Crippen molar-refractivity contribution in [1.82, 2.24) is 4.90 Å². The maximum absolute atomic E-state index is 13.0. The van der Waals surface area contributed by atoms with Crippen LogP contribution in [-0.2, 0) is 11.3 Å². The van der Waals surface area contributed by atoms with Crippen molar-refractivity contribution in [2.75, 3.05) is 25.0 Å². The van der Waals surface area contributed by atoms with Crippen molar-refractivity contribution in [3.05, 3.63) is 66.2 Å². The van der Waals surface area contributed by atoms with Gasteiger partial charge in [0.25, 0.3) is 0 Å². The number of hydrogen-bond acceptors (Lipinski definition) is 2. The topological polar surface area (TPSA) is 23.6 Å². The largest absolute Gasteiger partial charge is 0.308 e. The summed E-state index contributed by atoms with van der Waals surface area (Å²) in [6.45, 7) is 2.83. The first-order valence-corrected chi connectivity index (χ1v) is 8.80. The second-order valence-corrected chi connectivity index (χ2v) is 6.75. The fourth-order valence-corrected chi connectivity index (χ4v) is 3.32. The van der Waals surface area contributed by atoms with Crippen molar-refractivity contribution >= 4 is 11.6 Å². The smallest absolute Gasteiger partial charge is 0.227 e. The van der Waals surface area contributed by atoms with Crippen LogP contribution in [0.5, 0.6) is 0 Å². The molecule has 1 aliphatic rings. The lowest BCUT2D eigenvalue weighted by molar-refractivity contribution is -0.120. The maximum Gasteiger partial charge on any atom is 0.227 e. The summed E-state index contributed by atoms with van der Waals surface area (Å²) in [4.78, 5) is 17.3. The number of anilines is 1. The van der Waals surface area contributed by atoms with Crippen LogP contribution in [0.25, 0.3) is 0 Å². The average Bonchev–Trinajstić information content (AvgIpc) is 2.63. The van der Waals surface area contributed by atoms with Crippen LogP contribution in [0.15, 0.2) is 60.7 Å². The van der Waals surface area contributed by atoms with Gasteiger partial charge in [-0.25, -0.2) is 0 Å². The van der Waals surface area contributed by atoms with Gasteiger partial charge in [0.1, 0.15) is 0 Å². The minimum absolute atomic E-state index is 0.236. The van der Waals surface area contributed by atoms with Gasteiger partial charge in [-0.15, -0.1) is 0 Å². The predicted octanol–water partition coefficient (Wildman–Crippen LogP) is 3.95. The molecule has 2 aromatic carbocycles. The van der Waals surface area contributed by atoms with E-state index in [0.717, 1.165) is 37.2 Å². The van der Waals surface area contributed by atoms with Gasteiger partial charge >= 0.3 is 0 Å². The molecule has 0 spiro atoms. The first-order chi connectivity index (χ1) is 11.7. The van der Waals surface area contributed by atoms with Crippen molar-refractivity contribution in [3.63, 3.8) is 0 Å². The van der Waals surface area contributed by atoms with Crippen molar-refractivity contribution in [3.8, 4) is 0 Å². The summed E-state index contributed by atoms with van der Waals surface area (Å²) in [6.07, 6.45) is 2.89. The number of benzene rings is 2. The Labute approximate surface area is 144 Å². The SMILES string of the molecule is CN1CCC(CC(=O)N(Cc2ccccc2)c2ccccc2)CC1. The molecule has 0 aliphatic carbocycles. The fraction of sp³-hybridized carbons (Fsp3) is 0.381. The van der Waals surface area contributed by atoms with Crippen LogP contribution >= 0.6 is 0 Å². The van der Waals surface area contributed by atoms with Crippen LogP contribution in [0.3, 0.4) is 0 Å². The van der Waals surface area contributed by atoms with E-state index in [1.165, 1.54) is 0 Å². The number of para-hydroxylation sites is 1. The molecule has 0 saturated carbocycles. The molecule has 0 radical (unpaired) electrons. The third-order valence-electron chi connectivity index (χ3n) is 4.85. The molecule has 0 aromatic heterocycles. The molecular formula is C21H26N2O. The van der Waals surface area contributed by atoms with E-state index in [9.17, 15) is 4.79 Å². The number of piperidine rings is 1. The van der Waals surface area contributed by atoms with Gasteiger partial charge in [0.2, 0.25) is 5.91 Å². The van der Waals surface area contributed by atoms with E-state index in [4.69, 9.17) is 0 Å². The number of likely N-dealkylation sites (tertiary alicyclic amines) is 1. The van der Waals surface area contributed by atoms with E-state index >= 15 is 0 Å². The van der Waals surface area contributed by atoms with E-state index in [2.05, 4.69) is 24.1 Å². The number of nitrogens with zero attached hydrogens (tertiary/aromatic N) is 2. The van der Waals surface area contributed by atoms with Crippen LogP contribution in [0, 0.1) is 5.92 Å². The first kappa shape index (κ1) is 16.7. The zero-order valence-electron chi connectivity index (χ0n) is 14.4. The molecule has 1 aliphatic heterocycles. The molecule has 1 heterocycles. The molecule has 1 saturated heterocycles. The molecule has 0 N–H and O–H groups in total. The van der Waals surface area contributed by atoms with E-state index < -0.39 is 0 Å². The van der Waals surface area contributed by atoms with E-state index in [-0.39, 0.29) is 5.91 Å². The number of hydrogen-bond donors (Lipinski definition) is 0. The second kappa shape index (κ2) is 8.11. The van der Waals surface area contributed by atoms with Gasteiger partial charge in [0.15, 0.2) is 0 Å². The van der Waals surface area contributed by atoms with E-state index in [1.807, 2.05) is 53.4 Å². The quantitative estimate of drug-likeness (QED) is 0.832. The molecule has 3 rings (SSSR count). The lowest BCUT2D eigenvalue weighted by Crippen LogP contribution is -2.35. The molecule has 2 aromatic rings. The molecule has 24 heavy (non-hydrogen) atoms. The maximum atomic E-state index is 13.0. The van der Waals surface area contributed by atoms with Gasteiger partial charge in [-0.1, -0.05) is 48.5 Å². The van der Waals surface area contributed by atoms with Crippen LogP contribution in [0.2, 0.25) is 0 Å². The lowest BCUT2D eigenvalue weighted by atomic mass is 9.93. The third kappa shape index (κ3) is 4.45. The van der Waals surface area contributed by atoms with Gasteiger partial charge < -0.3 is 9.80 Å². The molecule has 0 bridgehead atoms. The zero-order valence-corrected chi connectivity index (χ0v) is 14.4. The molecule has 0 atom stereocenters. The monoisotopic (exact) mass is 322 g/mol. The highest BCUT2D eigenvalue weighted by atomic mass is 16.2. The van der Waals surface area contributed by atoms with Crippen LogP contribution in [-0.4, -0.2) is 30.9 Å². The number of carbonyl (C=O) groups is 1. The Morgan fingerprint density at radius 2 is 1.58 bits per heavy atom. The summed E-state index contributed by atoms with van der Waals surface area (Å²) in [6, 6.07) is 20.3. The highest BCUT2D eigenvalue weighted by molar-refractivity contribution is 5.93. The summed E-state index contributed by atoms with van der Waals surface area (Å²) in [5.41, 5.74) is 2.15. The zero-order chi connectivity index (χ0) is 16.8. The van der Waals surface area contributed by atoms with Crippen LogP contribution in [0.4, 0.5) is 5.69 Å².